The van der Waals surface area contributed by atoms with Gasteiger partial charge in [-0.05, 0) is 30.3 Å². The van der Waals surface area contributed by atoms with E-state index in [1.807, 2.05) is 6.07 Å². The SMILES string of the molecule is O=C(CN1N=C(c2ccc(Cl)s2)CCC1=O)Nc1ccc2ocnc2c1. The van der Waals surface area contributed by atoms with E-state index in [9.17, 15) is 9.59 Å². The van der Waals surface area contributed by atoms with E-state index in [-0.39, 0.29) is 18.4 Å². The lowest BCUT2D eigenvalue weighted by Crippen LogP contribution is -2.37. The maximum Gasteiger partial charge on any atom is 0.246 e. The van der Waals surface area contributed by atoms with Crippen LogP contribution in [0.25, 0.3) is 11.1 Å². The Morgan fingerprint density at radius 2 is 2.19 bits per heavy atom. The molecule has 4 rings (SSSR count). The second-order valence-corrected chi connectivity index (χ2v) is 7.40. The van der Waals surface area contributed by atoms with E-state index >= 15 is 0 Å². The number of nitrogens with zero attached hydrogens (tertiary/aromatic N) is 3. The van der Waals surface area contributed by atoms with Crippen LogP contribution in [0.2, 0.25) is 4.34 Å². The van der Waals surface area contributed by atoms with E-state index in [2.05, 4.69) is 15.4 Å². The van der Waals surface area contributed by atoms with Crippen molar-refractivity contribution in [2.24, 2.45) is 5.10 Å². The number of hydrazone groups is 1. The van der Waals surface area contributed by atoms with Crippen LogP contribution in [0.15, 0.2) is 46.2 Å². The Hall–Kier alpha value is -2.71. The van der Waals surface area contributed by atoms with Gasteiger partial charge in [-0.15, -0.1) is 11.3 Å². The van der Waals surface area contributed by atoms with Gasteiger partial charge < -0.3 is 9.73 Å². The van der Waals surface area contributed by atoms with Gasteiger partial charge in [0.25, 0.3) is 0 Å². The zero-order valence-electron chi connectivity index (χ0n) is 13.4. The average molecular weight is 389 g/mol. The minimum Gasteiger partial charge on any atom is -0.443 e. The normalized spacial score (nSPS) is 14.6. The monoisotopic (exact) mass is 388 g/mol. The number of fused-ring (bicyclic) bond motifs is 1. The molecule has 1 aliphatic heterocycles. The Morgan fingerprint density at radius 3 is 3.00 bits per heavy atom. The Balaban J connectivity index is 1.47. The van der Waals surface area contributed by atoms with Crippen molar-refractivity contribution < 1.29 is 14.0 Å². The molecule has 9 heteroatoms. The van der Waals surface area contributed by atoms with Gasteiger partial charge in [0.1, 0.15) is 12.1 Å². The van der Waals surface area contributed by atoms with Crippen molar-refractivity contribution in [1.82, 2.24) is 9.99 Å². The summed E-state index contributed by atoms with van der Waals surface area (Å²) >= 11 is 7.36. The van der Waals surface area contributed by atoms with Crippen molar-refractivity contribution in [3.8, 4) is 0 Å². The molecule has 3 heterocycles. The molecule has 1 aliphatic rings. The van der Waals surface area contributed by atoms with Crippen LogP contribution < -0.4 is 5.32 Å². The predicted octanol–water partition coefficient (Wildman–Crippen LogP) is 3.51. The summed E-state index contributed by atoms with van der Waals surface area (Å²) in [4.78, 5) is 29.4. The highest BCUT2D eigenvalue weighted by molar-refractivity contribution is 7.18. The molecular weight excluding hydrogens is 376 g/mol. The number of benzene rings is 1. The molecule has 0 aliphatic carbocycles. The van der Waals surface area contributed by atoms with Gasteiger partial charge in [-0.1, -0.05) is 11.6 Å². The van der Waals surface area contributed by atoms with Gasteiger partial charge in [-0.2, -0.15) is 5.10 Å². The number of rotatable bonds is 4. The van der Waals surface area contributed by atoms with Crippen LogP contribution in [0.3, 0.4) is 0 Å². The number of amides is 2. The van der Waals surface area contributed by atoms with Crippen LogP contribution in [0, 0.1) is 0 Å². The fraction of sp³-hybridized carbons (Fsp3) is 0.176. The maximum absolute atomic E-state index is 12.3. The van der Waals surface area contributed by atoms with Gasteiger partial charge >= 0.3 is 0 Å². The average Bonchev–Trinajstić information content (AvgIpc) is 3.25. The van der Waals surface area contributed by atoms with Crippen molar-refractivity contribution in [1.29, 1.82) is 0 Å². The molecule has 2 amide bonds. The van der Waals surface area contributed by atoms with Crippen LogP contribution in [0.4, 0.5) is 5.69 Å². The molecule has 0 fully saturated rings. The van der Waals surface area contributed by atoms with E-state index in [0.29, 0.717) is 34.0 Å². The van der Waals surface area contributed by atoms with Gasteiger partial charge in [-0.3, -0.25) is 9.59 Å². The standard InChI is InChI=1S/C17H13ClN4O3S/c18-15-5-4-14(26-15)11-2-6-17(24)22(21-11)8-16(23)20-10-1-3-13-12(7-10)19-9-25-13/h1,3-5,7,9H,2,6,8H2,(H,20,23). The number of nitrogens with one attached hydrogen (secondary N) is 1. The van der Waals surface area contributed by atoms with Gasteiger partial charge in [-0.25, -0.2) is 9.99 Å². The summed E-state index contributed by atoms with van der Waals surface area (Å²) in [5.41, 5.74) is 2.62. The number of carbonyl (C=O) groups excluding carboxylic acids is 2. The molecule has 0 bridgehead atoms. The fourth-order valence-electron chi connectivity index (χ4n) is 2.64. The zero-order valence-corrected chi connectivity index (χ0v) is 15.0. The molecule has 132 valence electrons. The number of thiophene rings is 1. The first-order valence-electron chi connectivity index (χ1n) is 7.85. The molecule has 26 heavy (non-hydrogen) atoms. The molecular formula is C17H13ClN4O3S. The molecule has 1 N–H and O–H groups in total. The van der Waals surface area contributed by atoms with Crippen molar-refractivity contribution in [2.45, 2.75) is 12.8 Å². The third-order valence-electron chi connectivity index (χ3n) is 3.87. The second kappa shape index (κ2) is 6.89. The lowest BCUT2D eigenvalue weighted by atomic mass is 10.1. The first kappa shape index (κ1) is 16.7. The highest BCUT2D eigenvalue weighted by atomic mass is 35.5. The molecule has 0 radical (unpaired) electrons. The smallest absolute Gasteiger partial charge is 0.246 e. The number of hydrogen-bond donors (Lipinski definition) is 1. The number of carbonyl (C=O) groups is 2. The number of anilines is 1. The number of halogens is 1. The third-order valence-corrected chi connectivity index (χ3v) is 5.15. The molecule has 7 nitrogen and oxygen atoms in total. The second-order valence-electron chi connectivity index (χ2n) is 5.68. The third kappa shape index (κ3) is 3.47. The molecule has 0 spiro atoms. The van der Waals surface area contributed by atoms with Crippen LogP contribution in [-0.4, -0.2) is 34.1 Å². The summed E-state index contributed by atoms with van der Waals surface area (Å²) in [6.45, 7) is -0.154. The van der Waals surface area contributed by atoms with Crippen LogP contribution in [-0.2, 0) is 9.59 Å². The first-order valence-corrected chi connectivity index (χ1v) is 9.04. The summed E-state index contributed by atoms with van der Waals surface area (Å²) < 4.78 is 5.83. The Bertz CT molecular complexity index is 1030. The quantitative estimate of drug-likeness (QED) is 0.740. The Kier molecular flexibility index (Phi) is 4.44. The van der Waals surface area contributed by atoms with Crippen LogP contribution in [0.5, 0.6) is 0 Å². The minimum atomic E-state index is -0.338. The van der Waals surface area contributed by atoms with Crippen molar-refractivity contribution in [3.05, 3.63) is 45.9 Å². The topological polar surface area (TPSA) is 87.8 Å². The maximum atomic E-state index is 12.3. The van der Waals surface area contributed by atoms with Crippen molar-refractivity contribution in [3.63, 3.8) is 0 Å². The molecule has 0 atom stereocenters. The van der Waals surface area contributed by atoms with Gasteiger partial charge in [0.15, 0.2) is 12.0 Å². The lowest BCUT2D eigenvalue weighted by Gasteiger charge is -2.22. The largest absolute Gasteiger partial charge is 0.443 e. The molecule has 0 saturated carbocycles. The molecule has 0 unspecified atom stereocenters. The summed E-state index contributed by atoms with van der Waals surface area (Å²) in [6.07, 6.45) is 2.19. The zero-order chi connectivity index (χ0) is 18.1. The highest BCUT2D eigenvalue weighted by Crippen LogP contribution is 2.25. The lowest BCUT2D eigenvalue weighted by molar-refractivity contribution is -0.135. The first-order chi connectivity index (χ1) is 12.6. The van der Waals surface area contributed by atoms with Gasteiger partial charge in [0, 0.05) is 18.5 Å². The summed E-state index contributed by atoms with van der Waals surface area (Å²) in [7, 11) is 0. The number of hydrogen-bond acceptors (Lipinski definition) is 6. The van der Waals surface area contributed by atoms with Gasteiger partial charge in [0.2, 0.25) is 11.8 Å². The van der Waals surface area contributed by atoms with Gasteiger partial charge in [0.05, 0.1) is 14.9 Å². The van der Waals surface area contributed by atoms with E-state index in [1.54, 1.807) is 24.3 Å². The van der Waals surface area contributed by atoms with E-state index < -0.39 is 0 Å². The minimum absolute atomic E-state index is 0.154. The van der Waals surface area contributed by atoms with Crippen LogP contribution >= 0.6 is 22.9 Å². The fourth-order valence-corrected chi connectivity index (χ4v) is 3.70. The molecule has 0 saturated heterocycles. The summed E-state index contributed by atoms with van der Waals surface area (Å²) in [6, 6.07) is 8.80. The van der Waals surface area contributed by atoms with Crippen molar-refractivity contribution in [2.75, 3.05) is 11.9 Å². The number of aromatic nitrogens is 1. The van der Waals surface area contributed by atoms with Crippen LogP contribution in [0.1, 0.15) is 17.7 Å². The Labute approximate surface area is 157 Å². The molecule has 2 aromatic heterocycles. The van der Waals surface area contributed by atoms with E-state index in [4.69, 9.17) is 16.0 Å². The molecule has 1 aromatic carbocycles. The Morgan fingerprint density at radius 1 is 1.31 bits per heavy atom. The van der Waals surface area contributed by atoms with E-state index in [1.165, 1.54) is 22.7 Å². The highest BCUT2D eigenvalue weighted by Gasteiger charge is 2.24. The summed E-state index contributed by atoms with van der Waals surface area (Å²) in [5, 5.41) is 8.29. The molecule has 3 aromatic rings. The van der Waals surface area contributed by atoms with E-state index in [0.717, 1.165) is 10.6 Å². The number of oxazole rings is 1. The summed E-state index contributed by atoms with van der Waals surface area (Å²) in [5.74, 6) is -0.520. The van der Waals surface area contributed by atoms with Crippen molar-refractivity contribution >= 4 is 57.3 Å². The predicted molar refractivity (Wildman–Crippen MR) is 99.5 cm³/mol.